The van der Waals surface area contributed by atoms with Crippen molar-refractivity contribution in [3.05, 3.63) is 75.5 Å². The number of aryl methyl sites for hydroxylation is 1. The highest BCUT2D eigenvalue weighted by Crippen LogP contribution is 2.27. The van der Waals surface area contributed by atoms with Gasteiger partial charge in [0.05, 0.1) is 28.3 Å². The van der Waals surface area contributed by atoms with E-state index in [1.54, 1.807) is 24.4 Å². The van der Waals surface area contributed by atoms with Gasteiger partial charge in [0.2, 0.25) is 0 Å². The molecule has 28 heavy (non-hydrogen) atoms. The normalized spacial score (nSPS) is 11.0. The highest BCUT2D eigenvalue weighted by Gasteiger charge is 2.11. The number of carbonyl (C=O) groups is 1. The van der Waals surface area contributed by atoms with Gasteiger partial charge in [-0.25, -0.2) is 10.1 Å². The Morgan fingerprint density at radius 1 is 1.21 bits per heavy atom. The lowest BCUT2D eigenvalue weighted by molar-refractivity contribution is -0.123. The van der Waals surface area contributed by atoms with Crippen LogP contribution in [0, 0.1) is 13.8 Å². The Morgan fingerprint density at radius 3 is 2.68 bits per heavy atom. The zero-order valence-electron chi connectivity index (χ0n) is 15.3. The van der Waals surface area contributed by atoms with E-state index in [4.69, 9.17) is 27.9 Å². The first-order chi connectivity index (χ1) is 13.5. The fourth-order valence-corrected chi connectivity index (χ4v) is 3.06. The van der Waals surface area contributed by atoms with E-state index in [0.717, 1.165) is 22.6 Å². The molecule has 3 aromatic rings. The molecule has 1 amide bonds. The van der Waals surface area contributed by atoms with Crippen LogP contribution in [0.2, 0.25) is 10.0 Å². The Kier molecular flexibility index (Phi) is 6.34. The average molecular weight is 417 g/mol. The number of nitrogens with one attached hydrogen (secondary N) is 1. The van der Waals surface area contributed by atoms with Crippen molar-refractivity contribution in [3.63, 3.8) is 0 Å². The molecule has 0 bridgehead atoms. The average Bonchev–Trinajstić information content (AvgIpc) is 2.96. The van der Waals surface area contributed by atoms with Crippen molar-refractivity contribution in [1.82, 2.24) is 15.2 Å². The molecule has 0 radical (unpaired) electrons. The van der Waals surface area contributed by atoms with E-state index >= 15 is 0 Å². The Morgan fingerprint density at radius 2 is 1.96 bits per heavy atom. The van der Waals surface area contributed by atoms with Gasteiger partial charge in [0.15, 0.2) is 6.61 Å². The third-order valence-electron chi connectivity index (χ3n) is 3.98. The predicted molar refractivity (Wildman–Crippen MR) is 111 cm³/mol. The highest BCUT2D eigenvalue weighted by atomic mass is 35.5. The summed E-state index contributed by atoms with van der Waals surface area (Å²) in [7, 11) is 0. The number of benzene rings is 2. The van der Waals surface area contributed by atoms with Crippen molar-refractivity contribution in [2.75, 3.05) is 6.61 Å². The van der Waals surface area contributed by atoms with Crippen molar-refractivity contribution in [2.45, 2.75) is 13.8 Å². The molecule has 0 aliphatic heterocycles. The molecule has 0 spiro atoms. The van der Waals surface area contributed by atoms with E-state index in [0.29, 0.717) is 15.8 Å². The minimum atomic E-state index is -0.409. The maximum absolute atomic E-state index is 11.9. The van der Waals surface area contributed by atoms with Crippen molar-refractivity contribution in [2.24, 2.45) is 5.10 Å². The molecule has 0 aliphatic rings. The van der Waals surface area contributed by atoms with E-state index in [1.807, 2.05) is 48.9 Å². The molecular weight excluding hydrogens is 399 g/mol. The van der Waals surface area contributed by atoms with Gasteiger partial charge in [0.1, 0.15) is 5.75 Å². The summed E-state index contributed by atoms with van der Waals surface area (Å²) < 4.78 is 7.21. The monoisotopic (exact) mass is 416 g/mol. The fraction of sp³-hybridized carbons (Fsp3) is 0.150. The topological polar surface area (TPSA) is 68.5 Å². The molecular formula is C20H18Cl2N4O2. The van der Waals surface area contributed by atoms with E-state index < -0.39 is 5.91 Å². The van der Waals surface area contributed by atoms with Crippen LogP contribution in [0.3, 0.4) is 0 Å². The first kappa shape index (κ1) is 19.9. The minimum Gasteiger partial charge on any atom is -0.482 e. The molecule has 1 N–H and O–H groups in total. The van der Waals surface area contributed by atoms with Crippen LogP contribution in [0.25, 0.3) is 5.69 Å². The summed E-state index contributed by atoms with van der Waals surface area (Å²) in [6.07, 6.45) is 1.57. The highest BCUT2D eigenvalue weighted by molar-refractivity contribution is 6.35. The summed E-state index contributed by atoms with van der Waals surface area (Å²) in [6, 6.07) is 14.6. The first-order valence-electron chi connectivity index (χ1n) is 8.47. The number of carbonyl (C=O) groups excluding carboxylic acids is 1. The van der Waals surface area contributed by atoms with Crippen molar-refractivity contribution in [3.8, 4) is 11.4 Å². The summed E-state index contributed by atoms with van der Waals surface area (Å²) in [6.45, 7) is 3.61. The number of amides is 1. The number of aromatic nitrogens is 2. The quantitative estimate of drug-likeness (QED) is 0.480. The van der Waals surface area contributed by atoms with Crippen LogP contribution in [0.1, 0.15) is 17.0 Å². The summed E-state index contributed by atoms with van der Waals surface area (Å²) in [5, 5.41) is 9.37. The van der Waals surface area contributed by atoms with Gasteiger partial charge in [0.25, 0.3) is 5.91 Å². The summed E-state index contributed by atoms with van der Waals surface area (Å²) in [5.74, 6) is -0.0333. The summed E-state index contributed by atoms with van der Waals surface area (Å²) in [5.41, 5.74) is 5.96. The minimum absolute atomic E-state index is 0.222. The van der Waals surface area contributed by atoms with E-state index in [9.17, 15) is 4.79 Å². The van der Waals surface area contributed by atoms with Crippen LogP contribution >= 0.6 is 23.2 Å². The van der Waals surface area contributed by atoms with Gasteiger partial charge < -0.3 is 4.74 Å². The number of hydrogen-bond donors (Lipinski definition) is 1. The SMILES string of the molecule is Cc1nn(-c2ccccc2)c(C)c1/C=N/NC(=O)COc1ccc(Cl)cc1Cl. The molecule has 6 nitrogen and oxygen atoms in total. The van der Waals surface area contributed by atoms with Gasteiger partial charge in [-0.05, 0) is 44.2 Å². The van der Waals surface area contributed by atoms with E-state index in [-0.39, 0.29) is 6.61 Å². The summed E-state index contributed by atoms with van der Waals surface area (Å²) in [4.78, 5) is 11.9. The molecule has 0 aliphatic carbocycles. The lowest BCUT2D eigenvalue weighted by Gasteiger charge is -2.07. The molecule has 3 rings (SSSR count). The molecule has 2 aromatic carbocycles. The molecule has 0 fully saturated rings. The number of halogens is 2. The Labute approximate surface area is 172 Å². The van der Waals surface area contributed by atoms with Crippen molar-refractivity contribution >= 4 is 35.3 Å². The Hall–Kier alpha value is -2.83. The van der Waals surface area contributed by atoms with Gasteiger partial charge in [-0.2, -0.15) is 10.2 Å². The second-order valence-corrected chi connectivity index (χ2v) is 6.83. The van der Waals surface area contributed by atoms with Gasteiger partial charge in [-0.3, -0.25) is 4.79 Å². The van der Waals surface area contributed by atoms with Gasteiger partial charge in [0, 0.05) is 10.6 Å². The van der Waals surface area contributed by atoms with Crippen LogP contribution in [0.4, 0.5) is 0 Å². The van der Waals surface area contributed by atoms with Gasteiger partial charge in [-0.1, -0.05) is 41.4 Å². The Balaban J connectivity index is 1.61. The molecule has 1 aromatic heterocycles. The smallest absolute Gasteiger partial charge is 0.277 e. The number of nitrogens with zero attached hydrogens (tertiary/aromatic N) is 3. The van der Waals surface area contributed by atoms with Crippen LogP contribution < -0.4 is 10.2 Å². The van der Waals surface area contributed by atoms with Gasteiger partial charge in [-0.15, -0.1) is 0 Å². The number of rotatable bonds is 6. The maximum Gasteiger partial charge on any atom is 0.277 e. The molecule has 0 atom stereocenters. The van der Waals surface area contributed by atoms with Crippen molar-refractivity contribution < 1.29 is 9.53 Å². The third kappa shape index (κ3) is 4.71. The van der Waals surface area contributed by atoms with E-state index in [2.05, 4.69) is 15.6 Å². The molecule has 0 saturated carbocycles. The molecule has 0 unspecified atom stereocenters. The number of hydrogen-bond acceptors (Lipinski definition) is 4. The third-order valence-corrected chi connectivity index (χ3v) is 4.51. The zero-order chi connectivity index (χ0) is 20.1. The molecule has 1 heterocycles. The molecule has 8 heteroatoms. The summed E-state index contributed by atoms with van der Waals surface area (Å²) >= 11 is 11.8. The lowest BCUT2D eigenvalue weighted by atomic mass is 10.2. The maximum atomic E-state index is 11.9. The largest absolute Gasteiger partial charge is 0.482 e. The zero-order valence-corrected chi connectivity index (χ0v) is 16.8. The fourth-order valence-electron chi connectivity index (χ4n) is 2.60. The Bertz CT molecular complexity index is 1020. The van der Waals surface area contributed by atoms with Crippen LogP contribution in [0.5, 0.6) is 5.75 Å². The second kappa shape index (κ2) is 8.91. The van der Waals surface area contributed by atoms with Gasteiger partial charge >= 0.3 is 0 Å². The van der Waals surface area contributed by atoms with Crippen molar-refractivity contribution in [1.29, 1.82) is 0 Å². The number of ether oxygens (including phenoxy) is 1. The van der Waals surface area contributed by atoms with Crippen LogP contribution in [-0.2, 0) is 4.79 Å². The molecule has 144 valence electrons. The predicted octanol–water partition coefficient (Wildman–Crippen LogP) is 4.33. The van der Waals surface area contributed by atoms with E-state index in [1.165, 1.54) is 0 Å². The number of para-hydroxylation sites is 1. The first-order valence-corrected chi connectivity index (χ1v) is 9.22. The molecule has 0 saturated heterocycles. The lowest BCUT2D eigenvalue weighted by Crippen LogP contribution is -2.24. The number of hydrazone groups is 1. The van der Waals surface area contributed by atoms with Crippen LogP contribution in [0.15, 0.2) is 53.6 Å². The van der Waals surface area contributed by atoms with Crippen LogP contribution in [-0.4, -0.2) is 28.5 Å². The standard InChI is InChI=1S/C20H18Cl2N4O2/c1-13-17(14(2)26(25-13)16-6-4-3-5-7-16)11-23-24-20(27)12-28-19-9-8-15(21)10-18(19)22/h3-11H,12H2,1-2H3,(H,24,27)/b23-11+. The second-order valence-electron chi connectivity index (χ2n) is 5.99.